The minimum Gasteiger partial charge on any atom is -0.247 e. The molecule has 0 spiro atoms. The van der Waals surface area contributed by atoms with Crippen LogP contribution in [0.3, 0.4) is 0 Å². The highest BCUT2D eigenvalue weighted by atomic mass is 15.1. The van der Waals surface area contributed by atoms with Crippen molar-refractivity contribution in [3.8, 4) is 0 Å². The van der Waals surface area contributed by atoms with E-state index >= 15 is 0 Å². The summed E-state index contributed by atoms with van der Waals surface area (Å²) in [6.45, 7) is 8.24. The lowest BCUT2D eigenvalue weighted by atomic mass is 9.66. The molecule has 2 nitrogen and oxygen atoms in total. The van der Waals surface area contributed by atoms with Gasteiger partial charge in [-0.3, -0.25) is 0 Å². The van der Waals surface area contributed by atoms with E-state index in [1.807, 2.05) is 0 Å². The number of aryl methyl sites for hydroxylation is 1. The first-order chi connectivity index (χ1) is 18.7. The number of aromatic amines is 1. The Morgan fingerprint density at radius 3 is 1.84 bits per heavy atom. The number of hydrogen-bond donors (Lipinski definition) is 1. The van der Waals surface area contributed by atoms with Gasteiger partial charge >= 0.3 is 0 Å². The summed E-state index contributed by atoms with van der Waals surface area (Å²) in [6, 6.07) is 22.4. The monoisotopic (exact) mass is 515 g/mol. The minimum atomic E-state index is 0.0154. The summed E-state index contributed by atoms with van der Waals surface area (Å²) >= 11 is 0. The van der Waals surface area contributed by atoms with Crippen molar-refractivity contribution in [1.29, 1.82) is 0 Å². The number of unbranched alkanes of at least 4 members (excludes halogenated alkanes) is 11. The summed E-state index contributed by atoms with van der Waals surface area (Å²) in [7, 11) is 0. The molecule has 2 atom stereocenters. The van der Waals surface area contributed by atoms with E-state index in [-0.39, 0.29) is 5.41 Å². The number of nitrogens with one attached hydrogen (secondary N) is 1. The summed E-state index contributed by atoms with van der Waals surface area (Å²) in [4.78, 5) is 3.73. The van der Waals surface area contributed by atoms with Crippen LogP contribution in [0.25, 0.3) is 0 Å². The third-order valence-electron chi connectivity index (χ3n) is 8.59. The van der Waals surface area contributed by atoms with Gasteiger partial charge in [-0.2, -0.15) is 0 Å². The molecule has 0 amide bonds. The van der Waals surface area contributed by atoms with Crippen LogP contribution in [0.15, 0.2) is 73.1 Å². The molecule has 3 aromatic rings. The van der Waals surface area contributed by atoms with Gasteiger partial charge in [-0.25, -0.2) is 9.55 Å². The van der Waals surface area contributed by atoms with Crippen molar-refractivity contribution in [1.82, 2.24) is 4.98 Å². The predicted octanol–water partition coefficient (Wildman–Crippen LogP) is 10.1. The van der Waals surface area contributed by atoms with Crippen LogP contribution < -0.4 is 4.57 Å². The molecule has 0 aliphatic heterocycles. The van der Waals surface area contributed by atoms with Crippen LogP contribution in [0.2, 0.25) is 0 Å². The second-order valence-electron chi connectivity index (χ2n) is 11.7. The average molecular weight is 516 g/mol. The zero-order chi connectivity index (χ0) is 26.9. The molecule has 1 heterocycles. The van der Waals surface area contributed by atoms with Crippen molar-refractivity contribution < 1.29 is 4.57 Å². The van der Waals surface area contributed by atoms with Gasteiger partial charge in [0.25, 0.3) is 5.82 Å². The van der Waals surface area contributed by atoms with Crippen LogP contribution in [0.5, 0.6) is 0 Å². The van der Waals surface area contributed by atoms with Crippen molar-refractivity contribution >= 4 is 0 Å². The standard InChI is InChI=1S/C36H54N2/c1-4-6-8-9-10-11-12-13-14-15-22-29-38-30-28-37-35(38)34(27-7-5-2)36(3,33-25-20-17-21-26-33)31-32-23-18-16-19-24-32/h16-21,23-26,28,30,34H,4-15,22,27,29,31H2,1-3H3/p+1. The number of nitrogens with zero attached hydrogens (tertiary/aromatic N) is 1. The van der Waals surface area contributed by atoms with E-state index in [1.165, 1.54) is 107 Å². The van der Waals surface area contributed by atoms with Crippen LogP contribution in [0, 0.1) is 0 Å². The number of rotatable bonds is 20. The first-order valence-corrected chi connectivity index (χ1v) is 15.8. The number of benzene rings is 2. The SMILES string of the molecule is CCCCCCCCCCCCC[n+]1cc[nH]c1C(CCCC)C(C)(Cc1ccccc1)c1ccccc1. The summed E-state index contributed by atoms with van der Waals surface area (Å²) in [5.41, 5.74) is 2.88. The highest BCUT2D eigenvalue weighted by Gasteiger charge is 2.41. The fourth-order valence-corrected chi connectivity index (χ4v) is 6.25. The summed E-state index contributed by atoms with van der Waals surface area (Å²) < 4.78 is 2.54. The Morgan fingerprint density at radius 2 is 1.24 bits per heavy atom. The Balaban J connectivity index is 1.65. The average Bonchev–Trinajstić information content (AvgIpc) is 3.41. The molecular formula is C36H55N2+. The smallest absolute Gasteiger partial charge is 0.247 e. The van der Waals surface area contributed by atoms with E-state index in [9.17, 15) is 0 Å². The molecule has 1 aromatic heterocycles. The summed E-state index contributed by atoms with van der Waals surface area (Å²) in [5, 5.41) is 0. The lowest BCUT2D eigenvalue weighted by Gasteiger charge is -2.37. The van der Waals surface area contributed by atoms with Gasteiger partial charge in [-0.05, 0) is 36.8 Å². The van der Waals surface area contributed by atoms with Crippen molar-refractivity contribution in [2.45, 2.75) is 135 Å². The van der Waals surface area contributed by atoms with Gasteiger partial charge < -0.3 is 0 Å². The minimum absolute atomic E-state index is 0.0154. The Kier molecular flexibility index (Phi) is 13.7. The Bertz CT molecular complexity index is 977. The number of imidazole rings is 1. The molecule has 0 aliphatic rings. The van der Waals surface area contributed by atoms with Gasteiger partial charge in [-0.1, -0.05) is 152 Å². The maximum Gasteiger partial charge on any atom is 0.258 e. The van der Waals surface area contributed by atoms with Crippen LogP contribution in [-0.4, -0.2) is 4.98 Å². The first-order valence-electron chi connectivity index (χ1n) is 15.8. The molecular weight excluding hydrogens is 460 g/mol. The lowest BCUT2D eigenvalue weighted by Crippen LogP contribution is -2.43. The number of hydrogen-bond acceptors (Lipinski definition) is 0. The molecule has 1 N–H and O–H groups in total. The third kappa shape index (κ3) is 9.44. The Hall–Kier alpha value is -2.35. The van der Waals surface area contributed by atoms with Crippen LogP contribution >= 0.6 is 0 Å². The quantitative estimate of drug-likeness (QED) is 0.114. The van der Waals surface area contributed by atoms with Crippen LogP contribution in [-0.2, 0) is 18.4 Å². The number of aromatic nitrogens is 2. The Labute approximate surface area is 234 Å². The molecule has 38 heavy (non-hydrogen) atoms. The fourth-order valence-electron chi connectivity index (χ4n) is 6.25. The zero-order valence-electron chi connectivity index (χ0n) is 24.8. The van der Waals surface area contributed by atoms with E-state index in [0.29, 0.717) is 5.92 Å². The van der Waals surface area contributed by atoms with Crippen molar-refractivity contribution in [2.75, 3.05) is 0 Å². The molecule has 208 valence electrons. The summed E-state index contributed by atoms with van der Waals surface area (Å²) in [5.74, 6) is 1.85. The molecule has 0 bridgehead atoms. The highest BCUT2D eigenvalue weighted by molar-refractivity contribution is 5.32. The molecule has 0 fully saturated rings. The van der Waals surface area contributed by atoms with Gasteiger partial charge in [0.2, 0.25) is 0 Å². The van der Waals surface area contributed by atoms with Crippen molar-refractivity contribution in [3.63, 3.8) is 0 Å². The highest BCUT2D eigenvalue weighted by Crippen LogP contribution is 2.43. The second-order valence-corrected chi connectivity index (χ2v) is 11.7. The molecule has 0 saturated carbocycles. The molecule has 2 heteroatoms. The second kappa shape index (κ2) is 17.3. The third-order valence-corrected chi connectivity index (χ3v) is 8.59. The molecule has 2 aromatic carbocycles. The van der Waals surface area contributed by atoms with Gasteiger partial charge in [-0.15, -0.1) is 0 Å². The van der Waals surface area contributed by atoms with Gasteiger partial charge in [0.1, 0.15) is 12.4 Å². The van der Waals surface area contributed by atoms with Gasteiger partial charge in [0, 0.05) is 5.41 Å². The molecule has 0 radical (unpaired) electrons. The van der Waals surface area contributed by atoms with Gasteiger partial charge in [0.15, 0.2) is 0 Å². The first kappa shape index (κ1) is 30.2. The largest absolute Gasteiger partial charge is 0.258 e. The van der Waals surface area contributed by atoms with E-state index in [0.717, 1.165) is 13.0 Å². The predicted molar refractivity (Wildman–Crippen MR) is 164 cm³/mol. The van der Waals surface area contributed by atoms with Crippen molar-refractivity contribution in [3.05, 3.63) is 90.0 Å². The maximum absolute atomic E-state index is 3.73. The molecule has 0 aliphatic carbocycles. The maximum atomic E-state index is 3.73. The number of H-pyrrole nitrogens is 1. The Morgan fingerprint density at radius 1 is 0.684 bits per heavy atom. The molecule has 2 unspecified atom stereocenters. The molecule has 0 saturated heterocycles. The topological polar surface area (TPSA) is 19.7 Å². The fraction of sp³-hybridized carbons (Fsp3) is 0.583. The lowest BCUT2D eigenvalue weighted by molar-refractivity contribution is -0.705. The van der Waals surface area contributed by atoms with E-state index in [2.05, 4.69) is 103 Å². The van der Waals surface area contributed by atoms with E-state index in [1.54, 1.807) is 0 Å². The van der Waals surface area contributed by atoms with Crippen LogP contribution in [0.4, 0.5) is 0 Å². The van der Waals surface area contributed by atoms with E-state index in [4.69, 9.17) is 0 Å². The molecule has 3 rings (SSSR count). The normalized spacial score (nSPS) is 13.9. The zero-order valence-corrected chi connectivity index (χ0v) is 24.8. The van der Waals surface area contributed by atoms with Crippen LogP contribution in [0.1, 0.15) is 134 Å². The summed E-state index contributed by atoms with van der Waals surface area (Å²) in [6.07, 6.45) is 24.5. The van der Waals surface area contributed by atoms with Gasteiger partial charge in [0.05, 0.1) is 12.5 Å². The van der Waals surface area contributed by atoms with Crippen molar-refractivity contribution in [2.24, 2.45) is 0 Å². The van der Waals surface area contributed by atoms with E-state index < -0.39 is 0 Å².